The standard InChI is InChI=1S/C15H14N2OS/c16-12-13-5-3-6-14(11-13)18-9-4-10-19-15-7-1-2-8-17-15/h1-3,5-8,11H,4,9-10H2. The number of nitriles is 1. The normalized spacial score (nSPS) is 9.84. The summed E-state index contributed by atoms with van der Waals surface area (Å²) in [7, 11) is 0. The van der Waals surface area contributed by atoms with E-state index in [4.69, 9.17) is 10.00 Å². The third kappa shape index (κ3) is 4.65. The molecule has 2 rings (SSSR count). The van der Waals surface area contributed by atoms with Gasteiger partial charge in [-0.25, -0.2) is 4.98 Å². The van der Waals surface area contributed by atoms with Crippen molar-refractivity contribution in [3.8, 4) is 11.8 Å². The Hall–Kier alpha value is -1.99. The van der Waals surface area contributed by atoms with Crippen molar-refractivity contribution < 1.29 is 4.74 Å². The van der Waals surface area contributed by atoms with Gasteiger partial charge < -0.3 is 4.74 Å². The predicted octanol–water partition coefficient (Wildman–Crippen LogP) is 3.51. The highest BCUT2D eigenvalue weighted by Gasteiger charge is 1.97. The Morgan fingerprint density at radius 1 is 1.21 bits per heavy atom. The minimum Gasteiger partial charge on any atom is -0.494 e. The summed E-state index contributed by atoms with van der Waals surface area (Å²) in [6, 6.07) is 15.2. The Kier molecular flexibility index (Phi) is 5.27. The second kappa shape index (κ2) is 7.45. The van der Waals surface area contributed by atoms with Crippen LogP contribution < -0.4 is 4.74 Å². The van der Waals surface area contributed by atoms with Crippen molar-refractivity contribution in [3.05, 3.63) is 54.2 Å². The molecule has 0 bridgehead atoms. The number of pyridine rings is 1. The zero-order valence-electron chi connectivity index (χ0n) is 10.5. The third-order valence-corrected chi connectivity index (χ3v) is 3.44. The average Bonchev–Trinajstić information content (AvgIpc) is 2.48. The van der Waals surface area contributed by atoms with Crippen LogP contribution >= 0.6 is 11.8 Å². The number of ether oxygens (including phenoxy) is 1. The van der Waals surface area contributed by atoms with Crippen molar-refractivity contribution in [2.45, 2.75) is 11.4 Å². The Morgan fingerprint density at radius 3 is 2.95 bits per heavy atom. The molecule has 0 amide bonds. The molecule has 0 aliphatic carbocycles. The number of benzene rings is 1. The number of nitrogens with zero attached hydrogens (tertiary/aromatic N) is 2. The van der Waals surface area contributed by atoms with E-state index in [2.05, 4.69) is 11.1 Å². The molecule has 0 unspecified atom stereocenters. The second-order valence-electron chi connectivity index (χ2n) is 3.86. The fourth-order valence-corrected chi connectivity index (χ4v) is 2.30. The van der Waals surface area contributed by atoms with Gasteiger partial charge in [0.2, 0.25) is 0 Å². The maximum Gasteiger partial charge on any atom is 0.120 e. The lowest BCUT2D eigenvalue weighted by atomic mass is 10.2. The summed E-state index contributed by atoms with van der Waals surface area (Å²) < 4.78 is 5.60. The molecular weight excluding hydrogens is 256 g/mol. The quantitative estimate of drug-likeness (QED) is 0.595. The number of hydrogen-bond acceptors (Lipinski definition) is 4. The predicted molar refractivity (Wildman–Crippen MR) is 76.2 cm³/mol. The molecule has 4 heteroatoms. The summed E-state index contributed by atoms with van der Waals surface area (Å²) in [5.41, 5.74) is 0.625. The number of hydrogen-bond donors (Lipinski definition) is 0. The van der Waals surface area contributed by atoms with Crippen molar-refractivity contribution >= 4 is 11.8 Å². The van der Waals surface area contributed by atoms with Crippen LogP contribution in [0.25, 0.3) is 0 Å². The summed E-state index contributed by atoms with van der Waals surface area (Å²) in [6.07, 6.45) is 2.74. The van der Waals surface area contributed by atoms with Gasteiger partial charge in [0.1, 0.15) is 5.75 Å². The van der Waals surface area contributed by atoms with E-state index in [-0.39, 0.29) is 0 Å². The van der Waals surface area contributed by atoms with E-state index in [1.54, 1.807) is 30.1 Å². The smallest absolute Gasteiger partial charge is 0.120 e. The monoisotopic (exact) mass is 270 g/mol. The van der Waals surface area contributed by atoms with Gasteiger partial charge in [-0.15, -0.1) is 11.8 Å². The molecule has 0 atom stereocenters. The highest BCUT2D eigenvalue weighted by atomic mass is 32.2. The first-order chi connectivity index (χ1) is 9.38. The lowest BCUT2D eigenvalue weighted by Gasteiger charge is -2.05. The number of thioether (sulfide) groups is 1. The minimum atomic E-state index is 0.625. The molecule has 1 aromatic carbocycles. The molecule has 3 nitrogen and oxygen atoms in total. The van der Waals surface area contributed by atoms with Gasteiger partial charge in [0.25, 0.3) is 0 Å². The molecule has 1 heterocycles. The van der Waals surface area contributed by atoms with Crippen molar-refractivity contribution in [3.63, 3.8) is 0 Å². The van der Waals surface area contributed by atoms with E-state index in [0.29, 0.717) is 12.2 Å². The highest BCUT2D eigenvalue weighted by Crippen LogP contribution is 2.16. The molecule has 96 valence electrons. The molecule has 0 fully saturated rings. The Labute approximate surface area is 117 Å². The maximum absolute atomic E-state index is 8.78. The Bertz CT molecular complexity index is 552. The van der Waals surface area contributed by atoms with Crippen LogP contribution in [0.15, 0.2) is 53.7 Å². The highest BCUT2D eigenvalue weighted by molar-refractivity contribution is 7.99. The van der Waals surface area contributed by atoms with Crippen molar-refractivity contribution in [2.24, 2.45) is 0 Å². The lowest BCUT2D eigenvalue weighted by molar-refractivity contribution is 0.318. The van der Waals surface area contributed by atoms with Crippen LogP contribution in [0.3, 0.4) is 0 Å². The largest absolute Gasteiger partial charge is 0.494 e. The summed E-state index contributed by atoms with van der Waals surface area (Å²) >= 11 is 1.72. The van der Waals surface area contributed by atoms with Crippen LogP contribution in [0.1, 0.15) is 12.0 Å². The van der Waals surface area contributed by atoms with Gasteiger partial charge in [-0.05, 0) is 36.8 Å². The maximum atomic E-state index is 8.78. The van der Waals surface area contributed by atoms with E-state index in [1.807, 2.05) is 30.3 Å². The van der Waals surface area contributed by atoms with Gasteiger partial charge in [0.15, 0.2) is 0 Å². The molecule has 1 aromatic heterocycles. The van der Waals surface area contributed by atoms with E-state index in [1.165, 1.54) is 0 Å². The van der Waals surface area contributed by atoms with Crippen LogP contribution in [0, 0.1) is 11.3 Å². The molecule has 0 saturated carbocycles. The van der Waals surface area contributed by atoms with Gasteiger partial charge in [-0.2, -0.15) is 5.26 Å². The Morgan fingerprint density at radius 2 is 2.16 bits per heavy atom. The van der Waals surface area contributed by atoms with Crippen molar-refractivity contribution in [1.82, 2.24) is 4.98 Å². The van der Waals surface area contributed by atoms with E-state index >= 15 is 0 Å². The molecule has 0 radical (unpaired) electrons. The van der Waals surface area contributed by atoms with Crippen LogP contribution in [0.5, 0.6) is 5.75 Å². The molecule has 2 aromatic rings. The van der Waals surface area contributed by atoms with E-state index in [0.717, 1.165) is 22.9 Å². The van der Waals surface area contributed by atoms with Gasteiger partial charge in [0.05, 0.1) is 23.3 Å². The summed E-state index contributed by atoms with van der Waals surface area (Å²) in [4.78, 5) is 4.24. The zero-order chi connectivity index (χ0) is 13.3. The van der Waals surface area contributed by atoms with Crippen LogP contribution in [0.2, 0.25) is 0 Å². The Balaban J connectivity index is 1.68. The summed E-state index contributed by atoms with van der Waals surface area (Å²) in [6.45, 7) is 0.648. The van der Waals surface area contributed by atoms with Crippen LogP contribution in [-0.4, -0.2) is 17.3 Å². The first-order valence-corrected chi connectivity index (χ1v) is 7.04. The second-order valence-corrected chi connectivity index (χ2v) is 4.97. The van der Waals surface area contributed by atoms with Gasteiger partial charge in [-0.1, -0.05) is 12.1 Å². The van der Waals surface area contributed by atoms with E-state index in [9.17, 15) is 0 Å². The van der Waals surface area contributed by atoms with Gasteiger partial charge in [-0.3, -0.25) is 0 Å². The third-order valence-electron chi connectivity index (χ3n) is 2.41. The molecular formula is C15H14N2OS. The molecule has 0 N–H and O–H groups in total. The first kappa shape index (κ1) is 13.4. The molecule has 0 aliphatic rings. The van der Waals surface area contributed by atoms with Crippen molar-refractivity contribution in [2.75, 3.05) is 12.4 Å². The van der Waals surface area contributed by atoms with Crippen LogP contribution in [0.4, 0.5) is 0 Å². The van der Waals surface area contributed by atoms with Crippen molar-refractivity contribution in [1.29, 1.82) is 5.26 Å². The molecule has 0 spiro atoms. The topological polar surface area (TPSA) is 45.9 Å². The molecule has 19 heavy (non-hydrogen) atoms. The minimum absolute atomic E-state index is 0.625. The van der Waals surface area contributed by atoms with Gasteiger partial charge >= 0.3 is 0 Å². The average molecular weight is 270 g/mol. The SMILES string of the molecule is N#Cc1cccc(OCCCSc2ccccn2)c1. The molecule has 0 aliphatic heterocycles. The number of rotatable bonds is 6. The summed E-state index contributed by atoms with van der Waals surface area (Å²) in [5.74, 6) is 1.72. The van der Waals surface area contributed by atoms with Crippen LogP contribution in [-0.2, 0) is 0 Å². The number of aromatic nitrogens is 1. The fraction of sp³-hybridized carbons (Fsp3) is 0.200. The molecule has 0 saturated heterocycles. The fourth-order valence-electron chi connectivity index (χ4n) is 1.51. The van der Waals surface area contributed by atoms with E-state index < -0.39 is 0 Å². The first-order valence-electron chi connectivity index (χ1n) is 6.05. The van der Waals surface area contributed by atoms with Gasteiger partial charge in [0, 0.05) is 11.9 Å². The zero-order valence-corrected chi connectivity index (χ0v) is 11.3. The summed E-state index contributed by atoms with van der Waals surface area (Å²) in [5, 5.41) is 9.82. The lowest BCUT2D eigenvalue weighted by Crippen LogP contribution is -1.99.